The van der Waals surface area contributed by atoms with Crippen molar-refractivity contribution in [3.63, 3.8) is 0 Å². The Morgan fingerprint density at radius 1 is 1.18 bits per heavy atom. The average Bonchev–Trinajstić information content (AvgIpc) is 2.73. The van der Waals surface area contributed by atoms with Gasteiger partial charge in [0.05, 0.1) is 7.11 Å². The number of hydrogen-bond acceptors (Lipinski definition) is 6. The number of ketones is 1. The predicted molar refractivity (Wildman–Crippen MR) is 75.7 cm³/mol. The number of imide groups is 1. The molecule has 1 heterocycles. The third kappa shape index (κ3) is 3.72. The molecule has 8 heteroatoms. The zero-order chi connectivity index (χ0) is 17.0. The average molecular weight is 310 g/mol. The third-order valence-corrected chi connectivity index (χ3v) is 3.06. The van der Waals surface area contributed by atoms with Crippen LogP contribution < -0.4 is 5.32 Å². The molecule has 0 aliphatic carbocycles. The molecule has 0 saturated carbocycles. The molecule has 0 bridgehead atoms. The van der Waals surface area contributed by atoms with E-state index in [0.29, 0.717) is 16.8 Å². The quantitative estimate of drug-likeness (QED) is 0.639. The summed E-state index contributed by atoms with van der Waals surface area (Å²) < 4.78 is 9.24. The van der Waals surface area contributed by atoms with Crippen molar-refractivity contribution >= 4 is 23.8 Å². The molecule has 0 aromatic carbocycles. The fraction of sp³-hybridized carbons (Fsp3) is 0.429. The molecule has 1 aromatic rings. The number of ether oxygens (including phenoxy) is 2. The van der Waals surface area contributed by atoms with E-state index in [-0.39, 0.29) is 11.5 Å². The number of methoxy groups -OCH3 is 1. The fourth-order valence-corrected chi connectivity index (χ4v) is 2.01. The summed E-state index contributed by atoms with van der Waals surface area (Å²) in [6.07, 6.45) is -2.14. The zero-order valence-corrected chi connectivity index (χ0v) is 13.0. The standard InChI is InChI=1S/C14H18N2O6/c1-6-10(8(3)17)7(2)15-11(6)13(19)22-9(4)12(18)16-14(20)21-5/h9,15H,1-5H3,(H,16,18,20)/t9-/m0/s1. The van der Waals surface area contributed by atoms with Crippen molar-refractivity contribution in [1.29, 1.82) is 0 Å². The normalized spacial score (nSPS) is 11.5. The maximum absolute atomic E-state index is 12.1. The van der Waals surface area contributed by atoms with Crippen LogP contribution in [0, 0.1) is 13.8 Å². The Labute approximate surface area is 127 Å². The summed E-state index contributed by atoms with van der Waals surface area (Å²) >= 11 is 0. The van der Waals surface area contributed by atoms with E-state index < -0.39 is 24.1 Å². The first-order valence-electron chi connectivity index (χ1n) is 6.48. The number of esters is 1. The Hall–Kier alpha value is -2.64. The number of rotatable bonds is 4. The smallest absolute Gasteiger partial charge is 0.413 e. The summed E-state index contributed by atoms with van der Waals surface area (Å²) in [5.74, 6) is -1.78. The van der Waals surface area contributed by atoms with Gasteiger partial charge >= 0.3 is 12.1 Å². The second-order valence-corrected chi connectivity index (χ2v) is 4.71. The second kappa shape index (κ2) is 6.88. The molecule has 2 N–H and O–H groups in total. The Balaban J connectivity index is 2.86. The van der Waals surface area contributed by atoms with Crippen molar-refractivity contribution in [2.24, 2.45) is 0 Å². The van der Waals surface area contributed by atoms with Crippen molar-refractivity contribution in [2.75, 3.05) is 7.11 Å². The zero-order valence-electron chi connectivity index (χ0n) is 13.0. The number of alkyl carbamates (subject to hydrolysis) is 1. The van der Waals surface area contributed by atoms with Crippen LogP contribution in [0.5, 0.6) is 0 Å². The van der Waals surface area contributed by atoms with Gasteiger partial charge in [0, 0.05) is 11.3 Å². The van der Waals surface area contributed by atoms with Gasteiger partial charge in [0.25, 0.3) is 5.91 Å². The molecular weight excluding hydrogens is 292 g/mol. The van der Waals surface area contributed by atoms with Crippen molar-refractivity contribution in [3.05, 3.63) is 22.5 Å². The molecule has 1 rings (SSSR count). The highest BCUT2D eigenvalue weighted by Crippen LogP contribution is 2.19. The van der Waals surface area contributed by atoms with Gasteiger partial charge in [-0.15, -0.1) is 0 Å². The number of carbonyl (C=O) groups is 4. The molecule has 0 unspecified atom stereocenters. The van der Waals surface area contributed by atoms with Crippen molar-refractivity contribution in [2.45, 2.75) is 33.8 Å². The van der Waals surface area contributed by atoms with Gasteiger partial charge in [-0.05, 0) is 33.3 Å². The fourth-order valence-electron chi connectivity index (χ4n) is 2.01. The number of carbonyl (C=O) groups excluding carboxylic acids is 4. The summed E-state index contributed by atoms with van der Waals surface area (Å²) in [4.78, 5) is 48.9. The summed E-state index contributed by atoms with van der Waals surface area (Å²) in [6.45, 7) is 5.97. The molecular formula is C14H18N2O6. The van der Waals surface area contributed by atoms with Crippen molar-refractivity contribution < 1.29 is 28.7 Å². The molecule has 0 radical (unpaired) electrons. The Morgan fingerprint density at radius 3 is 2.23 bits per heavy atom. The molecule has 22 heavy (non-hydrogen) atoms. The summed E-state index contributed by atoms with van der Waals surface area (Å²) in [5.41, 5.74) is 1.51. The monoisotopic (exact) mass is 310 g/mol. The number of Topliss-reactive ketones (excluding diaryl/α,β-unsaturated/α-hetero) is 1. The van der Waals surface area contributed by atoms with Crippen LogP contribution in [-0.2, 0) is 14.3 Å². The second-order valence-electron chi connectivity index (χ2n) is 4.71. The molecule has 0 spiro atoms. The minimum atomic E-state index is -1.20. The number of aromatic amines is 1. The van der Waals surface area contributed by atoms with Gasteiger partial charge in [-0.2, -0.15) is 0 Å². The van der Waals surface area contributed by atoms with E-state index in [1.54, 1.807) is 13.8 Å². The van der Waals surface area contributed by atoms with E-state index in [1.807, 2.05) is 5.32 Å². The van der Waals surface area contributed by atoms with Crippen LogP contribution in [0.3, 0.4) is 0 Å². The highest BCUT2D eigenvalue weighted by molar-refractivity contribution is 6.02. The molecule has 0 fully saturated rings. The van der Waals surface area contributed by atoms with Gasteiger partial charge in [0.15, 0.2) is 11.9 Å². The number of H-pyrrole nitrogens is 1. The lowest BCUT2D eigenvalue weighted by molar-refractivity contribution is -0.128. The lowest BCUT2D eigenvalue weighted by Crippen LogP contribution is -2.39. The van der Waals surface area contributed by atoms with E-state index in [0.717, 1.165) is 7.11 Å². The van der Waals surface area contributed by atoms with E-state index in [9.17, 15) is 19.2 Å². The molecule has 120 valence electrons. The van der Waals surface area contributed by atoms with Crippen LogP contribution >= 0.6 is 0 Å². The molecule has 1 atom stereocenters. The SMILES string of the molecule is COC(=O)NC(=O)[C@H](C)OC(=O)c1[nH]c(C)c(C(C)=O)c1C. The minimum Gasteiger partial charge on any atom is -0.453 e. The van der Waals surface area contributed by atoms with Gasteiger partial charge in [0.1, 0.15) is 5.69 Å². The molecule has 8 nitrogen and oxygen atoms in total. The first-order chi connectivity index (χ1) is 10.2. The van der Waals surface area contributed by atoms with Gasteiger partial charge in [-0.3, -0.25) is 14.9 Å². The molecule has 0 aliphatic rings. The lowest BCUT2D eigenvalue weighted by Gasteiger charge is -2.12. The minimum absolute atomic E-state index is 0.0976. The molecule has 0 aliphatic heterocycles. The van der Waals surface area contributed by atoms with Crippen LogP contribution in [0.1, 0.15) is 46.0 Å². The van der Waals surface area contributed by atoms with Gasteiger partial charge in [-0.1, -0.05) is 0 Å². The number of aryl methyl sites for hydroxylation is 1. The highest BCUT2D eigenvalue weighted by atomic mass is 16.6. The highest BCUT2D eigenvalue weighted by Gasteiger charge is 2.25. The van der Waals surface area contributed by atoms with E-state index in [4.69, 9.17) is 4.74 Å². The number of aromatic nitrogens is 1. The lowest BCUT2D eigenvalue weighted by atomic mass is 10.1. The van der Waals surface area contributed by atoms with Crippen LogP contribution in [0.4, 0.5) is 4.79 Å². The summed E-state index contributed by atoms with van der Waals surface area (Å²) in [6, 6.07) is 0. The van der Waals surface area contributed by atoms with Crippen LogP contribution in [0.2, 0.25) is 0 Å². The summed E-state index contributed by atoms with van der Waals surface area (Å²) in [7, 11) is 1.10. The first kappa shape index (κ1) is 17.4. The number of hydrogen-bond donors (Lipinski definition) is 2. The molecule has 2 amide bonds. The topological polar surface area (TPSA) is 115 Å². The Kier molecular flexibility index (Phi) is 5.44. The van der Waals surface area contributed by atoms with E-state index in [1.165, 1.54) is 13.8 Å². The predicted octanol–water partition coefficient (Wildman–Crippen LogP) is 1.26. The van der Waals surface area contributed by atoms with Gasteiger partial charge < -0.3 is 14.5 Å². The number of nitrogens with one attached hydrogen (secondary N) is 2. The van der Waals surface area contributed by atoms with Crippen molar-refractivity contribution in [1.82, 2.24) is 10.3 Å². The van der Waals surface area contributed by atoms with Gasteiger partial charge in [-0.25, -0.2) is 9.59 Å². The molecule has 0 saturated heterocycles. The Bertz CT molecular complexity index is 632. The van der Waals surface area contributed by atoms with E-state index in [2.05, 4.69) is 9.72 Å². The first-order valence-corrected chi connectivity index (χ1v) is 6.48. The largest absolute Gasteiger partial charge is 0.453 e. The van der Waals surface area contributed by atoms with E-state index >= 15 is 0 Å². The van der Waals surface area contributed by atoms with Crippen LogP contribution in [-0.4, -0.2) is 42.0 Å². The van der Waals surface area contributed by atoms with Crippen molar-refractivity contribution in [3.8, 4) is 0 Å². The maximum atomic E-state index is 12.1. The number of amides is 2. The van der Waals surface area contributed by atoms with Crippen LogP contribution in [0.25, 0.3) is 0 Å². The summed E-state index contributed by atoms with van der Waals surface area (Å²) in [5, 5.41) is 1.89. The third-order valence-electron chi connectivity index (χ3n) is 3.06. The van der Waals surface area contributed by atoms with Crippen LogP contribution in [0.15, 0.2) is 0 Å². The molecule has 1 aromatic heterocycles. The Morgan fingerprint density at radius 2 is 1.77 bits per heavy atom. The van der Waals surface area contributed by atoms with Gasteiger partial charge in [0.2, 0.25) is 0 Å². The maximum Gasteiger partial charge on any atom is 0.413 e.